The van der Waals surface area contributed by atoms with Crippen molar-refractivity contribution in [1.82, 2.24) is 5.32 Å². The number of amides is 2. The van der Waals surface area contributed by atoms with Crippen molar-refractivity contribution in [3.05, 3.63) is 77.9 Å². The van der Waals surface area contributed by atoms with Crippen LogP contribution in [0.1, 0.15) is 33.6 Å². The second-order valence-electron chi connectivity index (χ2n) is 6.19. The second-order valence-corrected chi connectivity index (χ2v) is 6.19. The predicted octanol–water partition coefficient (Wildman–Crippen LogP) is 3.80. The van der Waals surface area contributed by atoms with Crippen molar-refractivity contribution in [1.29, 1.82) is 0 Å². The molecule has 5 heteroatoms. The molecule has 0 aromatic heterocycles. The van der Waals surface area contributed by atoms with Crippen LogP contribution in [0.5, 0.6) is 0 Å². The van der Waals surface area contributed by atoms with E-state index in [1.54, 1.807) is 37.4 Å². The first kappa shape index (κ1) is 18.3. The predicted molar refractivity (Wildman–Crippen MR) is 106 cm³/mol. The summed E-state index contributed by atoms with van der Waals surface area (Å²) in [7, 11) is 1.56. The molecule has 2 amide bonds. The molecule has 0 fully saturated rings. The van der Waals surface area contributed by atoms with Crippen LogP contribution >= 0.6 is 0 Å². The molecular formula is C22H20N2O3. The Bertz CT molecular complexity index is 994. The molecule has 0 saturated heterocycles. The Morgan fingerprint density at radius 2 is 1.44 bits per heavy atom. The largest absolute Gasteiger partial charge is 0.355 e. The molecule has 0 spiro atoms. The highest BCUT2D eigenvalue weighted by Gasteiger charge is 2.11. The molecule has 0 saturated carbocycles. The molecule has 0 atom stereocenters. The van der Waals surface area contributed by atoms with E-state index in [4.69, 9.17) is 0 Å². The Balaban J connectivity index is 1.56. The summed E-state index contributed by atoms with van der Waals surface area (Å²) in [5, 5.41) is 7.36. The fourth-order valence-electron chi connectivity index (χ4n) is 2.81. The van der Waals surface area contributed by atoms with Gasteiger partial charge in [-0.05, 0) is 41.1 Å². The van der Waals surface area contributed by atoms with Gasteiger partial charge in [-0.1, -0.05) is 36.4 Å². The molecule has 0 radical (unpaired) electrons. The number of hydrogen-bond acceptors (Lipinski definition) is 3. The molecule has 0 aliphatic heterocycles. The molecular weight excluding hydrogens is 340 g/mol. The average molecular weight is 360 g/mol. The standard InChI is InChI=1S/C22H20N2O3/c1-23-22(27)16-8-10-19(11-9-16)24-21(26)13-12-20(25)18-7-6-15-4-2-3-5-17(15)14-18/h2-11,14H,12-13H2,1H3,(H,23,27)(H,24,26). The lowest BCUT2D eigenvalue weighted by molar-refractivity contribution is -0.116. The number of benzene rings is 3. The number of rotatable bonds is 6. The third-order valence-electron chi connectivity index (χ3n) is 4.31. The van der Waals surface area contributed by atoms with Crippen LogP contribution < -0.4 is 10.6 Å². The van der Waals surface area contributed by atoms with Crippen molar-refractivity contribution in [2.45, 2.75) is 12.8 Å². The average Bonchev–Trinajstić information content (AvgIpc) is 2.71. The number of Topliss-reactive ketones (excluding diaryl/α,β-unsaturated/α-hetero) is 1. The van der Waals surface area contributed by atoms with Crippen molar-refractivity contribution in [3.63, 3.8) is 0 Å². The molecule has 27 heavy (non-hydrogen) atoms. The van der Waals surface area contributed by atoms with Gasteiger partial charge in [-0.25, -0.2) is 0 Å². The van der Waals surface area contributed by atoms with Gasteiger partial charge in [0.25, 0.3) is 5.91 Å². The minimum absolute atomic E-state index is 0.0640. The molecule has 136 valence electrons. The summed E-state index contributed by atoms with van der Waals surface area (Å²) in [5.74, 6) is -0.489. The van der Waals surface area contributed by atoms with E-state index >= 15 is 0 Å². The molecule has 3 aromatic rings. The third kappa shape index (κ3) is 4.58. The van der Waals surface area contributed by atoms with Crippen LogP contribution in [-0.2, 0) is 4.79 Å². The van der Waals surface area contributed by atoms with Gasteiger partial charge in [-0.2, -0.15) is 0 Å². The van der Waals surface area contributed by atoms with Gasteiger partial charge in [-0.3, -0.25) is 14.4 Å². The molecule has 3 rings (SSSR count). The zero-order valence-electron chi connectivity index (χ0n) is 15.0. The number of nitrogens with one attached hydrogen (secondary N) is 2. The van der Waals surface area contributed by atoms with E-state index in [0.717, 1.165) is 10.8 Å². The van der Waals surface area contributed by atoms with E-state index in [-0.39, 0.29) is 30.4 Å². The SMILES string of the molecule is CNC(=O)c1ccc(NC(=O)CCC(=O)c2ccc3ccccc3c2)cc1. The third-order valence-corrected chi connectivity index (χ3v) is 4.31. The first-order chi connectivity index (χ1) is 13.1. The van der Waals surface area contributed by atoms with Crippen LogP contribution in [0.3, 0.4) is 0 Å². The van der Waals surface area contributed by atoms with Gasteiger partial charge in [0.1, 0.15) is 0 Å². The summed E-state index contributed by atoms with van der Waals surface area (Å²) in [5.41, 5.74) is 1.71. The lowest BCUT2D eigenvalue weighted by atomic mass is 10.0. The van der Waals surface area contributed by atoms with E-state index in [0.29, 0.717) is 16.8 Å². The smallest absolute Gasteiger partial charge is 0.251 e. The first-order valence-electron chi connectivity index (χ1n) is 8.71. The van der Waals surface area contributed by atoms with Crippen LogP contribution in [0.4, 0.5) is 5.69 Å². The molecule has 0 aliphatic carbocycles. The van der Waals surface area contributed by atoms with Crippen molar-refractivity contribution < 1.29 is 14.4 Å². The van der Waals surface area contributed by atoms with Gasteiger partial charge in [0, 0.05) is 36.7 Å². The van der Waals surface area contributed by atoms with Gasteiger partial charge in [0.15, 0.2) is 5.78 Å². The van der Waals surface area contributed by atoms with E-state index < -0.39 is 0 Å². The number of anilines is 1. The number of fused-ring (bicyclic) bond motifs is 1. The molecule has 2 N–H and O–H groups in total. The van der Waals surface area contributed by atoms with Crippen LogP contribution in [0.25, 0.3) is 10.8 Å². The zero-order chi connectivity index (χ0) is 19.2. The Kier molecular flexibility index (Phi) is 5.61. The quantitative estimate of drug-likeness (QED) is 0.657. The van der Waals surface area contributed by atoms with Crippen molar-refractivity contribution >= 4 is 34.1 Å². The summed E-state index contributed by atoms with van der Waals surface area (Å²) in [4.78, 5) is 36.0. The molecule has 0 heterocycles. The number of hydrogen-bond donors (Lipinski definition) is 2. The lowest BCUT2D eigenvalue weighted by Crippen LogP contribution is -2.18. The molecule has 0 unspecified atom stereocenters. The second kappa shape index (κ2) is 8.27. The summed E-state index contributed by atoms with van der Waals surface area (Å²) >= 11 is 0. The van der Waals surface area contributed by atoms with Gasteiger partial charge < -0.3 is 10.6 Å². The van der Waals surface area contributed by atoms with Crippen LogP contribution in [-0.4, -0.2) is 24.6 Å². The maximum absolute atomic E-state index is 12.4. The molecule has 5 nitrogen and oxygen atoms in total. The summed E-state index contributed by atoms with van der Waals surface area (Å²) in [6, 6.07) is 20.0. The van der Waals surface area contributed by atoms with E-state index in [2.05, 4.69) is 10.6 Å². The Hall–Kier alpha value is -3.47. The van der Waals surface area contributed by atoms with Gasteiger partial charge in [0.2, 0.25) is 5.91 Å². The van der Waals surface area contributed by atoms with Crippen LogP contribution in [0.15, 0.2) is 66.7 Å². The molecule has 0 aliphatic rings. The highest BCUT2D eigenvalue weighted by atomic mass is 16.2. The fraction of sp³-hybridized carbons (Fsp3) is 0.136. The number of ketones is 1. The van der Waals surface area contributed by atoms with Crippen molar-refractivity contribution in [2.75, 3.05) is 12.4 Å². The maximum Gasteiger partial charge on any atom is 0.251 e. The zero-order valence-corrected chi connectivity index (χ0v) is 15.0. The number of carbonyl (C=O) groups excluding carboxylic acids is 3. The van der Waals surface area contributed by atoms with E-state index in [1.807, 2.05) is 36.4 Å². The molecule has 3 aromatic carbocycles. The summed E-state index contributed by atoms with van der Waals surface area (Å²) in [6.45, 7) is 0. The van der Waals surface area contributed by atoms with E-state index in [1.165, 1.54) is 0 Å². The lowest BCUT2D eigenvalue weighted by Gasteiger charge is -2.07. The fourth-order valence-corrected chi connectivity index (χ4v) is 2.81. The highest BCUT2D eigenvalue weighted by Crippen LogP contribution is 2.17. The Morgan fingerprint density at radius 3 is 2.15 bits per heavy atom. The van der Waals surface area contributed by atoms with E-state index in [9.17, 15) is 14.4 Å². The first-order valence-corrected chi connectivity index (χ1v) is 8.71. The highest BCUT2D eigenvalue weighted by molar-refractivity contribution is 6.02. The minimum atomic E-state index is -0.239. The van der Waals surface area contributed by atoms with Crippen LogP contribution in [0.2, 0.25) is 0 Å². The minimum Gasteiger partial charge on any atom is -0.355 e. The topological polar surface area (TPSA) is 75.3 Å². The Labute approximate surface area is 157 Å². The molecule has 0 bridgehead atoms. The van der Waals surface area contributed by atoms with Crippen molar-refractivity contribution in [3.8, 4) is 0 Å². The monoisotopic (exact) mass is 360 g/mol. The van der Waals surface area contributed by atoms with Crippen molar-refractivity contribution in [2.24, 2.45) is 0 Å². The van der Waals surface area contributed by atoms with Gasteiger partial charge in [0.05, 0.1) is 0 Å². The van der Waals surface area contributed by atoms with Gasteiger partial charge in [-0.15, -0.1) is 0 Å². The van der Waals surface area contributed by atoms with Crippen LogP contribution in [0, 0.1) is 0 Å². The Morgan fingerprint density at radius 1 is 0.778 bits per heavy atom. The maximum atomic E-state index is 12.4. The number of carbonyl (C=O) groups is 3. The summed E-state index contributed by atoms with van der Waals surface area (Å²) in [6.07, 6.45) is 0.239. The summed E-state index contributed by atoms with van der Waals surface area (Å²) < 4.78 is 0. The van der Waals surface area contributed by atoms with Gasteiger partial charge >= 0.3 is 0 Å². The normalized spacial score (nSPS) is 10.4.